The average Bonchev–Trinajstić information content (AvgIpc) is 2.81. The summed E-state index contributed by atoms with van der Waals surface area (Å²) < 4.78 is 26.8. The number of carbonyl (C=O) groups excluding carboxylic acids is 1. The summed E-state index contributed by atoms with van der Waals surface area (Å²) in [5, 5.41) is 0. The van der Waals surface area contributed by atoms with Crippen molar-refractivity contribution in [3.8, 4) is 0 Å². The van der Waals surface area contributed by atoms with E-state index < -0.39 is 10.0 Å². The van der Waals surface area contributed by atoms with E-state index in [0.717, 1.165) is 12.0 Å². The van der Waals surface area contributed by atoms with Gasteiger partial charge in [0.05, 0.1) is 4.90 Å². The average molecular weight is 297 g/mol. The molecule has 1 heterocycles. The van der Waals surface area contributed by atoms with Gasteiger partial charge in [-0.05, 0) is 37.1 Å². The van der Waals surface area contributed by atoms with Crippen LogP contribution >= 0.6 is 0 Å². The maximum absolute atomic E-state index is 12.1. The lowest BCUT2D eigenvalue weighted by atomic mass is 10.2. The number of sulfonamides is 1. The lowest BCUT2D eigenvalue weighted by Crippen LogP contribution is -2.27. The molecule has 20 heavy (non-hydrogen) atoms. The van der Waals surface area contributed by atoms with Gasteiger partial charge in [0.25, 0.3) is 0 Å². The van der Waals surface area contributed by atoms with Gasteiger partial charge in [0.1, 0.15) is 0 Å². The van der Waals surface area contributed by atoms with Crippen LogP contribution in [0.15, 0.2) is 23.1 Å². The fourth-order valence-electron chi connectivity index (χ4n) is 2.25. The highest BCUT2D eigenvalue weighted by Crippen LogP contribution is 2.30. The van der Waals surface area contributed by atoms with Gasteiger partial charge in [-0.1, -0.05) is 6.07 Å². The van der Waals surface area contributed by atoms with Crippen LogP contribution < -0.4 is 15.4 Å². The standard InChI is InChI=1S/C13H19N3O3S/c1-10(17)16-8-5-11-3-4-12(9-13(11)16)20(18,19)15-7-2-6-14/h3-4,9,15H,2,5-8,14H2,1H3. The second-order valence-corrected chi connectivity index (χ2v) is 6.52. The summed E-state index contributed by atoms with van der Waals surface area (Å²) in [4.78, 5) is 13.3. The first kappa shape index (κ1) is 15.0. The SMILES string of the molecule is CC(=O)N1CCc2ccc(S(=O)(=O)NCCCN)cc21. The number of fused-ring (bicyclic) bond motifs is 1. The van der Waals surface area contributed by atoms with Gasteiger partial charge in [-0.2, -0.15) is 0 Å². The second kappa shape index (κ2) is 5.90. The summed E-state index contributed by atoms with van der Waals surface area (Å²) in [5.41, 5.74) is 7.04. The lowest BCUT2D eigenvalue weighted by molar-refractivity contribution is -0.116. The Bertz CT molecular complexity index is 613. The molecule has 3 N–H and O–H groups in total. The zero-order valence-electron chi connectivity index (χ0n) is 11.4. The van der Waals surface area contributed by atoms with Crippen molar-refractivity contribution in [2.75, 3.05) is 24.5 Å². The lowest BCUT2D eigenvalue weighted by Gasteiger charge is -2.15. The molecule has 0 unspecified atom stereocenters. The molecule has 6 nitrogen and oxygen atoms in total. The molecule has 2 rings (SSSR count). The van der Waals surface area contributed by atoms with Crippen LogP contribution in [-0.4, -0.2) is 34.0 Å². The van der Waals surface area contributed by atoms with E-state index in [1.54, 1.807) is 23.1 Å². The molecule has 1 aromatic rings. The summed E-state index contributed by atoms with van der Waals surface area (Å²) in [6.07, 6.45) is 1.35. The number of amides is 1. The Balaban J connectivity index is 2.27. The van der Waals surface area contributed by atoms with E-state index in [-0.39, 0.29) is 10.8 Å². The number of rotatable bonds is 5. The molecule has 0 bridgehead atoms. The quantitative estimate of drug-likeness (QED) is 0.761. The Morgan fingerprint density at radius 2 is 2.20 bits per heavy atom. The Morgan fingerprint density at radius 3 is 2.85 bits per heavy atom. The topological polar surface area (TPSA) is 92.5 Å². The minimum atomic E-state index is -3.55. The molecule has 0 atom stereocenters. The second-order valence-electron chi connectivity index (χ2n) is 4.75. The van der Waals surface area contributed by atoms with Gasteiger partial charge in [-0.25, -0.2) is 13.1 Å². The molecule has 0 aliphatic carbocycles. The molecule has 1 amide bonds. The van der Waals surface area contributed by atoms with E-state index in [0.29, 0.717) is 31.7 Å². The number of anilines is 1. The van der Waals surface area contributed by atoms with Crippen molar-refractivity contribution >= 4 is 21.6 Å². The van der Waals surface area contributed by atoms with E-state index in [1.165, 1.54) is 6.92 Å². The van der Waals surface area contributed by atoms with Crippen molar-refractivity contribution in [2.24, 2.45) is 5.73 Å². The van der Waals surface area contributed by atoms with E-state index in [1.807, 2.05) is 0 Å². The van der Waals surface area contributed by atoms with Gasteiger partial charge in [0.2, 0.25) is 15.9 Å². The molecular formula is C13H19N3O3S. The van der Waals surface area contributed by atoms with E-state index >= 15 is 0 Å². The zero-order chi connectivity index (χ0) is 14.8. The fourth-order valence-corrected chi connectivity index (χ4v) is 3.34. The first-order valence-electron chi connectivity index (χ1n) is 6.56. The number of hydrogen-bond donors (Lipinski definition) is 2. The Morgan fingerprint density at radius 1 is 1.45 bits per heavy atom. The smallest absolute Gasteiger partial charge is 0.240 e. The molecule has 0 aromatic heterocycles. The predicted octanol–water partition coefficient (Wildman–Crippen LogP) is 0.223. The van der Waals surface area contributed by atoms with Crippen LogP contribution in [0.25, 0.3) is 0 Å². The van der Waals surface area contributed by atoms with Gasteiger partial charge >= 0.3 is 0 Å². The van der Waals surface area contributed by atoms with Crippen LogP contribution in [0.1, 0.15) is 18.9 Å². The van der Waals surface area contributed by atoms with Crippen molar-refractivity contribution in [3.63, 3.8) is 0 Å². The van der Waals surface area contributed by atoms with Crippen molar-refractivity contribution in [2.45, 2.75) is 24.7 Å². The molecule has 1 aliphatic heterocycles. The van der Waals surface area contributed by atoms with E-state index in [2.05, 4.69) is 4.72 Å². The molecule has 0 saturated carbocycles. The number of nitrogens with zero attached hydrogens (tertiary/aromatic N) is 1. The molecule has 0 spiro atoms. The molecule has 1 aliphatic rings. The Labute approximate surface area is 119 Å². The van der Waals surface area contributed by atoms with Crippen molar-refractivity contribution in [3.05, 3.63) is 23.8 Å². The third-order valence-electron chi connectivity index (χ3n) is 3.32. The van der Waals surface area contributed by atoms with Gasteiger partial charge < -0.3 is 10.6 Å². The van der Waals surface area contributed by atoms with Gasteiger partial charge in [-0.15, -0.1) is 0 Å². The number of carbonyl (C=O) groups is 1. The summed E-state index contributed by atoms with van der Waals surface area (Å²) in [6.45, 7) is 2.84. The maximum Gasteiger partial charge on any atom is 0.240 e. The van der Waals surface area contributed by atoms with Crippen LogP contribution in [0.3, 0.4) is 0 Å². The van der Waals surface area contributed by atoms with E-state index in [4.69, 9.17) is 5.73 Å². The number of benzene rings is 1. The molecule has 1 aromatic carbocycles. The van der Waals surface area contributed by atoms with Crippen LogP contribution in [0, 0.1) is 0 Å². The highest BCUT2D eigenvalue weighted by atomic mass is 32.2. The molecule has 110 valence electrons. The monoisotopic (exact) mass is 297 g/mol. The summed E-state index contributed by atoms with van der Waals surface area (Å²) in [6, 6.07) is 4.91. The third-order valence-corrected chi connectivity index (χ3v) is 4.77. The molecule has 7 heteroatoms. The first-order valence-corrected chi connectivity index (χ1v) is 8.05. The fraction of sp³-hybridized carbons (Fsp3) is 0.462. The zero-order valence-corrected chi connectivity index (χ0v) is 12.2. The van der Waals surface area contributed by atoms with Crippen LogP contribution in [0.5, 0.6) is 0 Å². The van der Waals surface area contributed by atoms with Crippen molar-refractivity contribution in [1.82, 2.24) is 4.72 Å². The minimum absolute atomic E-state index is 0.0746. The molecule has 0 radical (unpaired) electrons. The summed E-state index contributed by atoms with van der Waals surface area (Å²) in [7, 11) is -3.55. The number of nitrogens with two attached hydrogens (primary N) is 1. The molecule has 0 saturated heterocycles. The molecule has 0 fully saturated rings. The van der Waals surface area contributed by atoms with Crippen LogP contribution in [-0.2, 0) is 21.2 Å². The summed E-state index contributed by atoms with van der Waals surface area (Å²) in [5.74, 6) is -0.0746. The number of hydrogen-bond acceptors (Lipinski definition) is 4. The van der Waals surface area contributed by atoms with Gasteiger partial charge in [0.15, 0.2) is 0 Å². The largest absolute Gasteiger partial charge is 0.330 e. The Kier molecular flexibility index (Phi) is 4.42. The van der Waals surface area contributed by atoms with Crippen LogP contribution in [0.2, 0.25) is 0 Å². The van der Waals surface area contributed by atoms with Crippen molar-refractivity contribution in [1.29, 1.82) is 0 Å². The normalized spacial score (nSPS) is 14.4. The maximum atomic E-state index is 12.1. The first-order chi connectivity index (χ1) is 9.45. The number of nitrogens with one attached hydrogen (secondary N) is 1. The van der Waals surface area contributed by atoms with Gasteiger partial charge in [-0.3, -0.25) is 4.79 Å². The highest BCUT2D eigenvalue weighted by molar-refractivity contribution is 7.89. The third kappa shape index (κ3) is 3.00. The van der Waals surface area contributed by atoms with E-state index in [9.17, 15) is 13.2 Å². The van der Waals surface area contributed by atoms with Crippen LogP contribution in [0.4, 0.5) is 5.69 Å². The van der Waals surface area contributed by atoms with Crippen molar-refractivity contribution < 1.29 is 13.2 Å². The minimum Gasteiger partial charge on any atom is -0.330 e. The predicted molar refractivity (Wildman–Crippen MR) is 77.0 cm³/mol. The highest BCUT2D eigenvalue weighted by Gasteiger charge is 2.24. The molecular weight excluding hydrogens is 278 g/mol. The summed E-state index contributed by atoms with van der Waals surface area (Å²) >= 11 is 0. The van der Waals surface area contributed by atoms with Gasteiger partial charge in [0, 0.05) is 25.7 Å². The Hall–Kier alpha value is -1.44.